The molecule has 0 spiro atoms. The monoisotopic (exact) mass is 476 g/mol. The summed E-state index contributed by atoms with van der Waals surface area (Å²) in [5.74, 6) is -0.0824. The summed E-state index contributed by atoms with van der Waals surface area (Å²) in [5, 5.41) is 5.01. The third-order valence-electron chi connectivity index (χ3n) is 6.32. The van der Waals surface area contributed by atoms with Crippen LogP contribution in [0.4, 0.5) is 10.3 Å². The highest BCUT2D eigenvalue weighted by Gasteiger charge is 2.28. The lowest BCUT2D eigenvalue weighted by Crippen LogP contribution is -2.44. The molecule has 1 amide bonds. The lowest BCUT2D eigenvalue weighted by molar-refractivity contribution is -0.125. The van der Waals surface area contributed by atoms with Crippen LogP contribution in [-0.2, 0) is 4.79 Å². The first kappa shape index (κ1) is 22.3. The van der Waals surface area contributed by atoms with Crippen molar-refractivity contribution in [3.63, 3.8) is 0 Å². The Balaban J connectivity index is 1.36. The Kier molecular flexibility index (Phi) is 6.15. The van der Waals surface area contributed by atoms with Crippen LogP contribution in [0.3, 0.4) is 0 Å². The van der Waals surface area contributed by atoms with Crippen molar-refractivity contribution < 1.29 is 9.18 Å². The van der Waals surface area contributed by atoms with Crippen molar-refractivity contribution in [1.82, 2.24) is 15.3 Å². The number of anilines is 1. The minimum Gasteiger partial charge on any atom is -0.349 e. The first-order valence-corrected chi connectivity index (χ1v) is 12.3. The second-order valence-corrected chi connectivity index (χ2v) is 9.53. The van der Waals surface area contributed by atoms with Crippen LogP contribution in [0.15, 0.2) is 64.8 Å². The molecule has 6 nitrogen and oxygen atoms in total. The molecule has 2 N–H and O–H groups in total. The van der Waals surface area contributed by atoms with Gasteiger partial charge in [-0.1, -0.05) is 42.5 Å². The van der Waals surface area contributed by atoms with Crippen molar-refractivity contribution >= 4 is 33.4 Å². The van der Waals surface area contributed by atoms with E-state index in [1.165, 1.54) is 23.5 Å². The average molecular weight is 477 g/mol. The molecular formula is C26H25FN4O2S. The Labute approximate surface area is 200 Å². The fourth-order valence-corrected chi connectivity index (χ4v) is 5.35. The van der Waals surface area contributed by atoms with Crippen molar-refractivity contribution in [1.29, 1.82) is 0 Å². The number of amides is 1. The number of nitrogens with one attached hydrogen (secondary N) is 2. The highest BCUT2D eigenvalue weighted by molar-refractivity contribution is 7.17. The molecule has 0 bridgehead atoms. The minimum atomic E-state index is -0.301. The van der Waals surface area contributed by atoms with E-state index in [0.717, 1.165) is 36.1 Å². The summed E-state index contributed by atoms with van der Waals surface area (Å²) in [5.41, 5.74) is 3.33. The number of aromatic nitrogens is 2. The molecule has 8 heteroatoms. The Morgan fingerprint density at radius 2 is 1.97 bits per heavy atom. The summed E-state index contributed by atoms with van der Waals surface area (Å²) in [6, 6.07) is 15.8. The second-order valence-electron chi connectivity index (χ2n) is 8.65. The van der Waals surface area contributed by atoms with E-state index in [1.807, 2.05) is 47.5 Å². The maximum absolute atomic E-state index is 13.2. The molecule has 0 aliphatic carbocycles. The number of nitrogens with zero attached hydrogens (tertiary/aromatic N) is 2. The number of halogens is 1. The molecule has 1 saturated heterocycles. The number of aromatic amines is 1. The van der Waals surface area contributed by atoms with Gasteiger partial charge in [0.05, 0.1) is 17.5 Å². The number of carbonyl (C=O) groups excluding carboxylic acids is 1. The first-order valence-electron chi connectivity index (χ1n) is 11.4. The van der Waals surface area contributed by atoms with Gasteiger partial charge >= 0.3 is 0 Å². The number of hydrogen-bond donors (Lipinski definition) is 2. The number of hydrogen-bond acceptors (Lipinski definition) is 5. The minimum absolute atomic E-state index is 0.0505. The van der Waals surface area contributed by atoms with Crippen molar-refractivity contribution in [3.05, 3.63) is 81.7 Å². The Bertz CT molecular complexity index is 1370. The van der Waals surface area contributed by atoms with Crippen molar-refractivity contribution in [3.8, 4) is 11.1 Å². The molecule has 1 aliphatic heterocycles. The van der Waals surface area contributed by atoms with Gasteiger partial charge in [0.2, 0.25) is 11.9 Å². The summed E-state index contributed by atoms with van der Waals surface area (Å²) < 4.78 is 13.8. The van der Waals surface area contributed by atoms with Gasteiger partial charge in [0.1, 0.15) is 10.5 Å². The van der Waals surface area contributed by atoms with Crippen LogP contribution in [0.1, 0.15) is 31.4 Å². The van der Waals surface area contributed by atoms with Gasteiger partial charge in [-0.3, -0.25) is 14.6 Å². The van der Waals surface area contributed by atoms with E-state index >= 15 is 0 Å². The van der Waals surface area contributed by atoms with Gasteiger partial charge in [0.25, 0.3) is 5.56 Å². The van der Waals surface area contributed by atoms with Gasteiger partial charge in [0, 0.05) is 24.0 Å². The topological polar surface area (TPSA) is 78.1 Å². The summed E-state index contributed by atoms with van der Waals surface area (Å²) in [7, 11) is 0. The number of H-pyrrole nitrogens is 1. The molecular weight excluding hydrogens is 451 g/mol. The lowest BCUT2D eigenvalue weighted by atomic mass is 9.96. The summed E-state index contributed by atoms with van der Waals surface area (Å²) >= 11 is 1.39. The fraction of sp³-hybridized carbons (Fsp3) is 0.269. The molecule has 0 radical (unpaired) electrons. The molecule has 3 heterocycles. The molecule has 4 aromatic rings. The molecule has 1 aliphatic rings. The van der Waals surface area contributed by atoms with E-state index in [2.05, 4.69) is 10.3 Å². The summed E-state index contributed by atoms with van der Waals surface area (Å²) in [4.78, 5) is 35.5. The number of rotatable bonds is 5. The van der Waals surface area contributed by atoms with E-state index in [9.17, 15) is 14.0 Å². The van der Waals surface area contributed by atoms with Gasteiger partial charge in [-0.05, 0) is 43.0 Å². The first-order chi connectivity index (χ1) is 16.5. The maximum Gasteiger partial charge on any atom is 0.270 e. The predicted octanol–water partition coefficient (Wildman–Crippen LogP) is 4.88. The molecule has 0 saturated carbocycles. The third-order valence-corrected chi connectivity index (χ3v) is 7.29. The molecule has 34 heavy (non-hydrogen) atoms. The zero-order valence-electron chi connectivity index (χ0n) is 18.8. The average Bonchev–Trinajstić information content (AvgIpc) is 3.30. The number of fused-ring (bicyclic) bond motifs is 1. The van der Waals surface area contributed by atoms with Crippen molar-refractivity contribution in [2.75, 3.05) is 18.0 Å². The molecule has 1 fully saturated rings. The van der Waals surface area contributed by atoms with Crippen LogP contribution in [0.5, 0.6) is 0 Å². The highest BCUT2D eigenvalue weighted by atomic mass is 32.1. The molecule has 5 rings (SSSR count). The maximum atomic E-state index is 13.2. The lowest BCUT2D eigenvalue weighted by Gasteiger charge is -2.33. The number of benzene rings is 2. The van der Waals surface area contributed by atoms with Gasteiger partial charge in [-0.15, -0.1) is 11.3 Å². The van der Waals surface area contributed by atoms with E-state index in [4.69, 9.17) is 4.98 Å². The van der Waals surface area contributed by atoms with Gasteiger partial charge < -0.3 is 10.2 Å². The number of carbonyl (C=O) groups is 1. The Morgan fingerprint density at radius 3 is 2.74 bits per heavy atom. The van der Waals surface area contributed by atoms with Crippen molar-refractivity contribution in [2.45, 2.75) is 25.8 Å². The molecule has 0 unspecified atom stereocenters. The van der Waals surface area contributed by atoms with Gasteiger partial charge in [0.15, 0.2) is 0 Å². The van der Waals surface area contributed by atoms with Crippen LogP contribution < -0.4 is 15.8 Å². The van der Waals surface area contributed by atoms with Crippen molar-refractivity contribution in [2.24, 2.45) is 5.92 Å². The van der Waals surface area contributed by atoms with Crippen LogP contribution in [0.25, 0.3) is 21.3 Å². The van der Waals surface area contributed by atoms with E-state index in [-0.39, 0.29) is 29.2 Å². The zero-order chi connectivity index (χ0) is 23.7. The summed E-state index contributed by atoms with van der Waals surface area (Å²) in [6.07, 6.45) is 1.58. The van der Waals surface area contributed by atoms with Gasteiger partial charge in [-0.2, -0.15) is 0 Å². The fourth-order valence-electron chi connectivity index (χ4n) is 4.44. The van der Waals surface area contributed by atoms with E-state index in [0.29, 0.717) is 22.7 Å². The Hall–Kier alpha value is -3.52. The van der Waals surface area contributed by atoms with Crippen LogP contribution >= 0.6 is 11.3 Å². The van der Waals surface area contributed by atoms with E-state index in [1.54, 1.807) is 12.1 Å². The number of piperidine rings is 1. The third kappa shape index (κ3) is 4.46. The Morgan fingerprint density at radius 1 is 1.21 bits per heavy atom. The number of thiophene rings is 1. The smallest absolute Gasteiger partial charge is 0.270 e. The molecule has 2 aromatic heterocycles. The molecule has 2 aromatic carbocycles. The standard InChI is InChI=1S/C26H25FN4O2S/c1-16(17-9-11-20(27)12-10-17)28-24(32)19-8-5-13-31(14-19)26-29-22-21(18-6-3-2-4-7-18)15-34-23(22)25(33)30-26/h2-4,6-7,9-12,15-16,19H,5,8,13-14H2,1H3,(H,28,32)(H,29,30,33)/t16-,19+/m0/s1. The van der Waals surface area contributed by atoms with Crippen LogP contribution in [-0.4, -0.2) is 29.0 Å². The highest BCUT2D eigenvalue weighted by Crippen LogP contribution is 2.32. The normalized spacial score (nSPS) is 17.0. The second kappa shape index (κ2) is 9.38. The van der Waals surface area contributed by atoms with E-state index < -0.39 is 0 Å². The summed E-state index contributed by atoms with van der Waals surface area (Å²) in [6.45, 7) is 3.08. The SMILES string of the molecule is C[C@H](NC(=O)[C@@H]1CCCN(c2nc3c(-c4ccccc4)csc3c(=O)[nH]2)C1)c1ccc(F)cc1. The van der Waals surface area contributed by atoms with Crippen LogP contribution in [0, 0.1) is 11.7 Å². The quantitative estimate of drug-likeness (QED) is 0.430. The molecule has 174 valence electrons. The predicted molar refractivity (Wildman–Crippen MR) is 134 cm³/mol. The zero-order valence-corrected chi connectivity index (χ0v) is 19.6. The van der Waals surface area contributed by atoms with Gasteiger partial charge in [-0.25, -0.2) is 9.37 Å². The molecule has 2 atom stereocenters. The largest absolute Gasteiger partial charge is 0.349 e. The van der Waals surface area contributed by atoms with Crippen LogP contribution in [0.2, 0.25) is 0 Å².